The summed E-state index contributed by atoms with van der Waals surface area (Å²) in [6, 6.07) is 0. The topological polar surface area (TPSA) is 154 Å². The Balaban J connectivity index is 2.45. The molecule has 1 aliphatic rings. The van der Waals surface area contributed by atoms with Crippen molar-refractivity contribution in [3.05, 3.63) is 0 Å². The molecule has 11 heteroatoms. The number of aliphatic hydroxyl groups is 1. The summed E-state index contributed by atoms with van der Waals surface area (Å²) in [6.07, 6.45) is 9.19. The molecule has 0 radical (unpaired) electrons. The Kier molecular flexibility index (Phi) is 12.8. The smallest absolute Gasteiger partial charge is 0.327 e. The molecule has 0 aromatic heterocycles. The van der Waals surface area contributed by atoms with Crippen molar-refractivity contribution >= 4 is 28.0 Å². The number of carbonyl (C=O) groups is 3. The van der Waals surface area contributed by atoms with E-state index in [4.69, 9.17) is 18.8 Å². The Morgan fingerprint density at radius 2 is 1.59 bits per heavy atom. The Labute approximate surface area is 189 Å². The molecular weight excluding hydrogens is 444 g/mol. The summed E-state index contributed by atoms with van der Waals surface area (Å²) in [4.78, 5) is 35.9. The summed E-state index contributed by atoms with van der Waals surface area (Å²) in [7, 11) is -4.88. The summed E-state index contributed by atoms with van der Waals surface area (Å²) in [5.74, 6) is -2.90. The van der Waals surface area contributed by atoms with Crippen LogP contribution in [0.5, 0.6) is 0 Å². The third kappa shape index (κ3) is 10.7. The monoisotopic (exact) mass is 480 g/mol. The Bertz CT molecular complexity index is 705. The summed E-state index contributed by atoms with van der Waals surface area (Å²) in [5, 5.41) is 7.66. The maximum Gasteiger partial charge on any atom is 0.327 e. The van der Waals surface area contributed by atoms with E-state index in [2.05, 4.69) is 6.92 Å². The summed E-state index contributed by atoms with van der Waals surface area (Å²) >= 11 is 0. The zero-order valence-electron chi connectivity index (χ0n) is 18.8. The van der Waals surface area contributed by atoms with Gasteiger partial charge in [0.15, 0.2) is 5.25 Å². The van der Waals surface area contributed by atoms with Crippen molar-refractivity contribution in [2.24, 2.45) is 5.41 Å². The van der Waals surface area contributed by atoms with E-state index in [1.165, 1.54) is 32.1 Å². The van der Waals surface area contributed by atoms with Gasteiger partial charge in [-0.15, -0.1) is 0 Å². The van der Waals surface area contributed by atoms with E-state index in [-0.39, 0.29) is 13.0 Å². The molecule has 0 aromatic rings. The molecule has 186 valence electrons. The molecule has 1 aliphatic heterocycles. The van der Waals surface area contributed by atoms with Crippen LogP contribution in [0.15, 0.2) is 0 Å². The van der Waals surface area contributed by atoms with Crippen LogP contribution in [0, 0.1) is 5.41 Å². The number of unbranched alkanes of at least 4 members (excludes halogenated alkanes) is 8. The van der Waals surface area contributed by atoms with Crippen LogP contribution in [-0.2, 0) is 38.7 Å². The first kappa shape index (κ1) is 28.3. The maximum atomic E-state index is 12.1. The largest absolute Gasteiger partial charge is 0.465 e. The van der Waals surface area contributed by atoms with Crippen LogP contribution in [0.25, 0.3) is 0 Å². The maximum absolute atomic E-state index is 12.1. The van der Waals surface area contributed by atoms with Crippen LogP contribution in [0.1, 0.15) is 77.6 Å². The molecule has 10 nitrogen and oxygen atoms in total. The SMILES string of the molecule is CCCCCCCCCCCC(=O)OCC1(CO)COC(=O)CC(S(=O)(=O)O)C(=O)OC1. The molecule has 0 saturated carbocycles. The van der Waals surface area contributed by atoms with Gasteiger partial charge in [0.1, 0.15) is 19.8 Å². The van der Waals surface area contributed by atoms with Gasteiger partial charge in [-0.05, 0) is 6.42 Å². The van der Waals surface area contributed by atoms with Crippen molar-refractivity contribution in [1.82, 2.24) is 0 Å². The number of esters is 3. The number of carbonyl (C=O) groups excluding carboxylic acids is 3. The predicted octanol–water partition coefficient (Wildman–Crippen LogP) is 2.18. The molecule has 0 amide bonds. The number of hydrogen-bond acceptors (Lipinski definition) is 9. The minimum absolute atomic E-state index is 0.196. The predicted molar refractivity (Wildman–Crippen MR) is 114 cm³/mol. The van der Waals surface area contributed by atoms with E-state index in [9.17, 15) is 27.9 Å². The molecule has 1 rings (SSSR count). The zero-order chi connectivity index (χ0) is 24.0. The van der Waals surface area contributed by atoms with Gasteiger partial charge in [0.2, 0.25) is 0 Å². The van der Waals surface area contributed by atoms with Gasteiger partial charge in [-0.3, -0.25) is 18.9 Å². The summed E-state index contributed by atoms with van der Waals surface area (Å²) in [5.41, 5.74) is -1.42. The number of ether oxygens (including phenoxy) is 3. The number of hydrogen-bond donors (Lipinski definition) is 2. The van der Waals surface area contributed by atoms with Crippen LogP contribution >= 0.6 is 0 Å². The number of cyclic esters (lactones) is 2. The van der Waals surface area contributed by atoms with Gasteiger partial charge in [0.05, 0.1) is 18.4 Å². The minimum atomic E-state index is -4.88. The first-order valence-corrected chi connectivity index (χ1v) is 12.7. The van der Waals surface area contributed by atoms with Crippen molar-refractivity contribution < 1.29 is 46.7 Å². The van der Waals surface area contributed by atoms with Gasteiger partial charge >= 0.3 is 17.9 Å². The fourth-order valence-corrected chi connectivity index (χ4v) is 3.88. The summed E-state index contributed by atoms with van der Waals surface area (Å²) in [6.45, 7) is 0.163. The second-order valence-electron chi connectivity index (χ2n) is 8.37. The lowest BCUT2D eigenvalue weighted by molar-refractivity contribution is -0.161. The quantitative estimate of drug-likeness (QED) is 0.164. The van der Waals surface area contributed by atoms with Crippen molar-refractivity contribution in [1.29, 1.82) is 0 Å². The van der Waals surface area contributed by atoms with Gasteiger partial charge < -0.3 is 19.3 Å². The van der Waals surface area contributed by atoms with Gasteiger partial charge in [0, 0.05) is 6.42 Å². The molecular formula is C21H36O10S. The molecule has 1 heterocycles. The molecule has 0 aliphatic carbocycles. The van der Waals surface area contributed by atoms with Crippen LogP contribution < -0.4 is 0 Å². The fourth-order valence-electron chi connectivity index (χ4n) is 3.22. The van der Waals surface area contributed by atoms with Gasteiger partial charge in [0.25, 0.3) is 10.1 Å². The molecule has 0 spiro atoms. The van der Waals surface area contributed by atoms with Crippen LogP contribution in [0.2, 0.25) is 0 Å². The van der Waals surface area contributed by atoms with Crippen LogP contribution in [0.3, 0.4) is 0 Å². The average molecular weight is 481 g/mol. The second kappa shape index (κ2) is 14.4. The zero-order valence-corrected chi connectivity index (χ0v) is 19.6. The highest BCUT2D eigenvalue weighted by atomic mass is 32.2. The van der Waals surface area contributed by atoms with Crippen molar-refractivity contribution in [2.45, 2.75) is 82.8 Å². The number of rotatable bonds is 14. The molecule has 1 fully saturated rings. The molecule has 2 unspecified atom stereocenters. The Morgan fingerprint density at radius 1 is 1.03 bits per heavy atom. The van der Waals surface area contributed by atoms with Crippen LogP contribution in [0.4, 0.5) is 0 Å². The van der Waals surface area contributed by atoms with E-state index in [0.29, 0.717) is 6.42 Å². The van der Waals surface area contributed by atoms with Crippen molar-refractivity contribution in [2.75, 3.05) is 26.4 Å². The third-order valence-corrected chi connectivity index (χ3v) is 6.47. The molecule has 0 aromatic carbocycles. The molecule has 1 saturated heterocycles. The number of aliphatic hydroxyl groups excluding tert-OH is 1. The van der Waals surface area contributed by atoms with E-state index >= 15 is 0 Å². The third-order valence-electron chi connectivity index (χ3n) is 5.39. The Hall–Kier alpha value is -1.72. The first-order chi connectivity index (χ1) is 15.1. The van der Waals surface area contributed by atoms with E-state index in [0.717, 1.165) is 19.3 Å². The normalized spacial score (nSPS) is 22.3. The molecule has 2 N–H and O–H groups in total. The highest BCUT2D eigenvalue weighted by Gasteiger charge is 2.42. The minimum Gasteiger partial charge on any atom is -0.465 e. The molecule has 2 atom stereocenters. The van der Waals surface area contributed by atoms with Crippen molar-refractivity contribution in [3.8, 4) is 0 Å². The molecule has 0 bridgehead atoms. The van der Waals surface area contributed by atoms with Gasteiger partial charge in [-0.25, -0.2) is 0 Å². The Morgan fingerprint density at radius 3 is 2.16 bits per heavy atom. The lowest BCUT2D eigenvalue weighted by atomic mass is 9.92. The second-order valence-corrected chi connectivity index (χ2v) is 9.97. The van der Waals surface area contributed by atoms with Crippen molar-refractivity contribution in [3.63, 3.8) is 0 Å². The highest BCUT2D eigenvalue weighted by Crippen LogP contribution is 2.23. The molecule has 32 heavy (non-hydrogen) atoms. The van der Waals surface area contributed by atoms with E-state index in [1.807, 2.05) is 0 Å². The van der Waals surface area contributed by atoms with E-state index in [1.54, 1.807) is 0 Å². The lowest BCUT2D eigenvalue weighted by Gasteiger charge is -2.29. The van der Waals surface area contributed by atoms with E-state index < -0.39 is 64.9 Å². The van der Waals surface area contributed by atoms with Gasteiger partial charge in [-0.2, -0.15) is 8.42 Å². The highest BCUT2D eigenvalue weighted by molar-refractivity contribution is 7.87. The van der Waals surface area contributed by atoms with Gasteiger partial charge in [-0.1, -0.05) is 58.3 Å². The lowest BCUT2D eigenvalue weighted by Crippen LogP contribution is -2.42. The summed E-state index contributed by atoms with van der Waals surface area (Å²) < 4.78 is 46.8. The van der Waals surface area contributed by atoms with Crippen LogP contribution in [-0.4, -0.2) is 67.7 Å². The first-order valence-electron chi connectivity index (χ1n) is 11.2. The standard InChI is InChI=1S/C21H36O10S/c1-2-3-4-5-6-7-8-9-10-11-18(23)29-14-21(13-22)15-30-19(24)12-17(32(26,27)28)20(25)31-16-21/h17,22H,2-16H2,1H3,(H,26,27,28). The fraction of sp³-hybridized carbons (Fsp3) is 0.857. The average Bonchev–Trinajstić information content (AvgIpc) is 2.80.